The molecule has 2 rings (SSSR count). The van der Waals surface area contributed by atoms with Gasteiger partial charge in [-0.25, -0.2) is 0 Å². The normalized spacial score (nSPS) is 11.7. The Kier molecular flexibility index (Phi) is 3.61. The van der Waals surface area contributed by atoms with Gasteiger partial charge in [-0.15, -0.1) is 0 Å². The van der Waals surface area contributed by atoms with Crippen molar-refractivity contribution in [1.29, 1.82) is 0 Å². The summed E-state index contributed by atoms with van der Waals surface area (Å²) in [5.74, 6) is 0. The van der Waals surface area contributed by atoms with Crippen molar-refractivity contribution in [2.24, 2.45) is 0 Å². The van der Waals surface area contributed by atoms with Crippen LogP contribution in [0.2, 0.25) is 10.2 Å². The number of alkyl halides is 3. The molecule has 1 heterocycles. The topological polar surface area (TPSA) is 71.8 Å². The van der Waals surface area contributed by atoms with Gasteiger partial charge in [0, 0.05) is 5.56 Å². The molecule has 1 N–H and O–H groups in total. The Balaban J connectivity index is 2.58. The van der Waals surface area contributed by atoms with E-state index in [1.54, 1.807) is 0 Å². The Morgan fingerprint density at radius 3 is 2.45 bits per heavy atom. The quantitative estimate of drug-likeness (QED) is 0.660. The summed E-state index contributed by atoms with van der Waals surface area (Å²) >= 11 is 11.3. The molecule has 0 fully saturated rings. The first kappa shape index (κ1) is 14.6. The van der Waals surface area contributed by atoms with Gasteiger partial charge in [-0.2, -0.15) is 18.3 Å². The van der Waals surface area contributed by atoms with Crippen LogP contribution in [0.15, 0.2) is 18.2 Å². The fourth-order valence-electron chi connectivity index (χ4n) is 1.56. The second-order valence-corrected chi connectivity index (χ2v) is 4.45. The van der Waals surface area contributed by atoms with E-state index in [4.69, 9.17) is 23.2 Å². The average molecular weight is 326 g/mol. The van der Waals surface area contributed by atoms with Crippen LogP contribution in [0, 0.1) is 10.1 Å². The summed E-state index contributed by atoms with van der Waals surface area (Å²) in [6.45, 7) is 0. The Hall–Kier alpha value is -1.80. The van der Waals surface area contributed by atoms with E-state index in [1.807, 2.05) is 0 Å². The number of nitro groups is 1. The van der Waals surface area contributed by atoms with Crippen LogP contribution in [0.4, 0.5) is 18.9 Å². The molecule has 1 aromatic carbocycles. The summed E-state index contributed by atoms with van der Waals surface area (Å²) in [5.41, 5.74) is -1.66. The van der Waals surface area contributed by atoms with Crippen molar-refractivity contribution in [3.63, 3.8) is 0 Å². The summed E-state index contributed by atoms with van der Waals surface area (Å²) in [5, 5.41) is 15.9. The van der Waals surface area contributed by atoms with Gasteiger partial charge in [0.2, 0.25) is 5.15 Å². The smallest absolute Gasteiger partial charge is 0.269 e. The second kappa shape index (κ2) is 4.95. The highest BCUT2D eigenvalue weighted by Gasteiger charge is 2.32. The van der Waals surface area contributed by atoms with Gasteiger partial charge in [0.15, 0.2) is 0 Å². The average Bonchev–Trinajstić information content (AvgIpc) is 2.69. The third-order valence-corrected chi connectivity index (χ3v) is 3.02. The highest BCUT2D eigenvalue weighted by atomic mass is 35.5. The molecule has 0 unspecified atom stereocenters. The number of aromatic nitrogens is 2. The van der Waals surface area contributed by atoms with Crippen molar-refractivity contribution in [2.75, 3.05) is 0 Å². The van der Waals surface area contributed by atoms with Crippen LogP contribution in [0.5, 0.6) is 0 Å². The van der Waals surface area contributed by atoms with Gasteiger partial charge in [0.05, 0.1) is 15.5 Å². The summed E-state index contributed by atoms with van der Waals surface area (Å²) in [7, 11) is 0. The Labute approximate surface area is 119 Å². The first-order chi connectivity index (χ1) is 9.21. The number of nitrogens with zero attached hydrogens (tertiary/aromatic N) is 2. The van der Waals surface area contributed by atoms with Crippen LogP contribution in [0.1, 0.15) is 5.56 Å². The van der Waals surface area contributed by atoms with E-state index >= 15 is 0 Å². The largest absolute Gasteiger partial charge is 0.416 e. The van der Waals surface area contributed by atoms with E-state index in [0.717, 1.165) is 12.1 Å². The lowest BCUT2D eigenvalue weighted by Crippen LogP contribution is -2.04. The number of aromatic amines is 1. The number of halogens is 5. The van der Waals surface area contributed by atoms with Crippen molar-refractivity contribution in [3.8, 4) is 11.3 Å². The third-order valence-electron chi connectivity index (χ3n) is 2.45. The second-order valence-electron chi connectivity index (χ2n) is 3.69. The van der Waals surface area contributed by atoms with Crippen LogP contribution in [0.3, 0.4) is 0 Å². The number of hydrogen-bond acceptors (Lipinski definition) is 3. The van der Waals surface area contributed by atoms with E-state index in [9.17, 15) is 23.3 Å². The summed E-state index contributed by atoms with van der Waals surface area (Å²) in [6.07, 6.45) is -4.56. The number of H-pyrrole nitrogens is 1. The molecule has 0 amide bonds. The van der Waals surface area contributed by atoms with E-state index < -0.39 is 27.5 Å². The molecule has 0 saturated heterocycles. The maximum atomic E-state index is 12.5. The van der Waals surface area contributed by atoms with Crippen LogP contribution >= 0.6 is 23.2 Å². The van der Waals surface area contributed by atoms with Crippen molar-refractivity contribution in [1.82, 2.24) is 10.2 Å². The molecule has 5 nitrogen and oxygen atoms in total. The lowest BCUT2D eigenvalue weighted by atomic mass is 10.1. The standard InChI is InChI=1S/C10H4Cl2F3N3O2/c11-6-3-4(10(13,14)15)1-2-5(6)7-8(18(19)20)9(12)17-16-7/h1-3H,(H,16,17). The zero-order valence-electron chi connectivity index (χ0n) is 9.33. The molecule has 0 aliphatic rings. The van der Waals surface area contributed by atoms with Gasteiger partial charge in [-0.1, -0.05) is 29.3 Å². The molecule has 106 valence electrons. The predicted octanol–water partition coefficient (Wildman–Crippen LogP) is 4.31. The first-order valence-electron chi connectivity index (χ1n) is 4.97. The van der Waals surface area contributed by atoms with Gasteiger partial charge in [-0.3, -0.25) is 15.2 Å². The molecule has 0 atom stereocenters. The van der Waals surface area contributed by atoms with Crippen LogP contribution in [-0.4, -0.2) is 15.1 Å². The molecule has 0 spiro atoms. The zero-order valence-corrected chi connectivity index (χ0v) is 10.8. The fraction of sp³-hybridized carbons (Fsp3) is 0.100. The molecular formula is C10H4Cl2F3N3O2. The summed E-state index contributed by atoms with van der Waals surface area (Å²) in [4.78, 5) is 10.1. The lowest BCUT2D eigenvalue weighted by molar-refractivity contribution is -0.384. The highest BCUT2D eigenvalue weighted by molar-refractivity contribution is 6.34. The minimum absolute atomic E-state index is 0.00534. The van der Waals surface area contributed by atoms with Gasteiger partial charge in [-0.05, 0) is 12.1 Å². The van der Waals surface area contributed by atoms with Crippen molar-refractivity contribution in [3.05, 3.63) is 44.1 Å². The molecule has 10 heteroatoms. The third kappa shape index (κ3) is 2.56. The number of nitrogens with one attached hydrogen (secondary N) is 1. The summed E-state index contributed by atoms with van der Waals surface area (Å²) in [6, 6.07) is 2.46. The van der Waals surface area contributed by atoms with E-state index in [1.165, 1.54) is 0 Å². The summed E-state index contributed by atoms with van der Waals surface area (Å²) < 4.78 is 37.5. The van der Waals surface area contributed by atoms with E-state index in [0.29, 0.717) is 6.07 Å². The Bertz CT molecular complexity index is 685. The number of benzene rings is 1. The van der Waals surface area contributed by atoms with Crippen LogP contribution < -0.4 is 0 Å². The molecular weight excluding hydrogens is 322 g/mol. The molecule has 2 aromatic rings. The molecule has 0 aliphatic carbocycles. The molecule has 0 radical (unpaired) electrons. The molecule has 0 aliphatic heterocycles. The zero-order chi connectivity index (χ0) is 15.1. The van der Waals surface area contributed by atoms with Crippen LogP contribution in [0.25, 0.3) is 11.3 Å². The number of hydrogen-bond donors (Lipinski definition) is 1. The van der Waals surface area contributed by atoms with Crippen molar-refractivity contribution in [2.45, 2.75) is 6.18 Å². The predicted molar refractivity (Wildman–Crippen MR) is 65.7 cm³/mol. The SMILES string of the molecule is O=[N+]([O-])c1c(Cl)n[nH]c1-c1ccc(C(F)(F)F)cc1Cl. The minimum atomic E-state index is -4.56. The van der Waals surface area contributed by atoms with Gasteiger partial charge < -0.3 is 0 Å². The van der Waals surface area contributed by atoms with Crippen molar-refractivity contribution >= 4 is 28.9 Å². The van der Waals surface area contributed by atoms with Gasteiger partial charge >= 0.3 is 11.9 Å². The molecule has 20 heavy (non-hydrogen) atoms. The number of rotatable bonds is 2. The molecule has 0 saturated carbocycles. The molecule has 0 bridgehead atoms. The maximum Gasteiger partial charge on any atom is 0.416 e. The lowest BCUT2D eigenvalue weighted by Gasteiger charge is -2.08. The van der Waals surface area contributed by atoms with Gasteiger partial charge in [0.1, 0.15) is 5.69 Å². The Morgan fingerprint density at radius 1 is 1.30 bits per heavy atom. The van der Waals surface area contributed by atoms with E-state index in [2.05, 4.69) is 10.2 Å². The monoisotopic (exact) mass is 325 g/mol. The van der Waals surface area contributed by atoms with Crippen molar-refractivity contribution < 1.29 is 18.1 Å². The first-order valence-corrected chi connectivity index (χ1v) is 5.72. The molecule has 1 aromatic heterocycles. The minimum Gasteiger partial charge on any atom is -0.269 e. The van der Waals surface area contributed by atoms with E-state index in [-0.39, 0.29) is 16.3 Å². The Morgan fingerprint density at radius 2 is 1.95 bits per heavy atom. The highest BCUT2D eigenvalue weighted by Crippen LogP contribution is 2.39. The maximum absolute atomic E-state index is 12.5. The van der Waals surface area contributed by atoms with Gasteiger partial charge in [0.25, 0.3) is 0 Å². The fourth-order valence-corrected chi connectivity index (χ4v) is 2.04. The van der Waals surface area contributed by atoms with Crippen LogP contribution in [-0.2, 0) is 6.18 Å².